The summed E-state index contributed by atoms with van der Waals surface area (Å²) < 4.78 is 60.8. The van der Waals surface area contributed by atoms with E-state index in [0.717, 1.165) is 12.1 Å². The van der Waals surface area contributed by atoms with E-state index in [1.54, 1.807) is 0 Å². The van der Waals surface area contributed by atoms with Gasteiger partial charge in [-0.1, -0.05) is 11.5 Å². The zero-order valence-corrected chi connectivity index (χ0v) is 9.97. The molecule has 102 valence electrons. The highest BCUT2D eigenvalue weighted by atomic mass is 19.4. The minimum atomic E-state index is -5.20. The molecule has 7 heteroatoms. The Morgan fingerprint density at radius 1 is 1.17 bits per heavy atom. The van der Waals surface area contributed by atoms with Gasteiger partial charge in [-0.25, -0.2) is 4.39 Å². The second-order valence-electron chi connectivity index (χ2n) is 3.66. The van der Waals surface area contributed by atoms with Gasteiger partial charge in [-0.05, 0) is 13.0 Å². The predicted molar refractivity (Wildman–Crippen MR) is 61.7 cm³/mol. The van der Waals surface area contributed by atoms with E-state index in [9.17, 15) is 17.3 Å². The van der Waals surface area contributed by atoms with Crippen LogP contribution >= 0.6 is 0 Å². The first-order valence-electron chi connectivity index (χ1n) is 5.65. The molecule has 0 unspecified atom stereocenters. The Bertz CT molecular complexity index is 382. The number of hydrogen-bond donors (Lipinski definition) is 0. The van der Waals surface area contributed by atoms with E-state index >= 15 is 0 Å². The van der Waals surface area contributed by atoms with Gasteiger partial charge >= 0.3 is 6.98 Å². The van der Waals surface area contributed by atoms with Crippen molar-refractivity contribution in [2.24, 2.45) is 0 Å². The van der Waals surface area contributed by atoms with Gasteiger partial charge in [0, 0.05) is 25.7 Å². The summed E-state index contributed by atoms with van der Waals surface area (Å²) in [6.45, 7) is -2.39. The van der Waals surface area contributed by atoms with Crippen LogP contribution in [0.3, 0.4) is 0 Å². The quantitative estimate of drug-likeness (QED) is 0.428. The molecule has 1 aromatic rings. The van der Waals surface area contributed by atoms with Gasteiger partial charge < -0.3 is 22.4 Å². The summed E-state index contributed by atoms with van der Waals surface area (Å²) in [6, 6.07) is 2.23. The third kappa shape index (κ3) is 4.56. The molecule has 0 aliphatic carbocycles. The largest absolute Gasteiger partial charge is 0.513 e. The molecule has 0 saturated heterocycles. The normalized spacial score (nSPS) is 11.6. The van der Waals surface area contributed by atoms with Crippen molar-refractivity contribution in [2.75, 3.05) is 19.8 Å². The average Bonchev–Trinajstić information content (AvgIpc) is 2.27. The van der Waals surface area contributed by atoms with Crippen LogP contribution in [-0.2, 0) is 4.74 Å². The molecular weight excluding hydrogens is 251 g/mol. The Hall–Kier alpha value is -1.24. The van der Waals surface area contributed by atoms with Gasteiger partial charge in [-0.15, -0.1) is 0 Å². The van der Waals surface area contributed by atoms with Crippen LogP contribution in [0.5, 0.6) is 5.75 Å². The summed E-state index contributed by atoms with van der Waals surface area (Å²) in [5.41, 5.74) is -0.909. The molecule has 0 amide bonds. The molecule has 0 aliphatic rings. The number of ether oxygens (including phenoxy) is 2. The topological polar surface area (TPSA) is 18.5 Å². The van der Waals surface area contributed by atoms with Gasteiger partial charge in [-0.2, -0.15) is 0 Å². The minimum Gasteiger partial charge on any atom is -0.496 e. The third-order valence-electron chi connectivity index (χ3n) is 2.22. The van der Waals surface area contributed by atoms with Crippen molar-refractivity contribution in [1.29, 1.82) is 0 Å². The average molecular weight is 265 g/mol. The van der Waals surface area contributed by atoms with E-state index in [0.29, 0.717) is 25.7 Å². The summed E-state index contributed by atoms with van der Waals surface area (Å²) in [5.74, 6) is -1.21. The maximum atomic E-state index is 12.9. The lowest BCUT2D eigenvalue weighted by Gasteiger charge is -2.19. The van der Waals surface area contributed by atoms with Crippen molar-refractivity contribution in [3.63, 3.8) is 0 Å². The number of hydrogen-bond acceptors (Lipinski definition) is 2. The highest BCUT2D eigenvalue weighted by molar-refractivity contribution is 6.74. The zero-order chi connectivity index (χ0) is 13.6. The van der Waals surface area contributed by atoms with Crippen molar-refractivity contribution in [2.45, 2.75) is 13.3 Å². The molecule has 1 rings (SSSR count). The predicted octanol–water partition coefficient (Wildman–Crippen LogP) is 2.69. The van der Waals surface area contributed by atoms with Gasteiger partial charge in [0.05, 0.1) is 12.4 Å². The molecule has 2 nitrogen and oxygen atoms in total. The van der Waals surface area contributed by atoms with E-state index in [2.05, 4.69) is 0 Å². The summed E-state index contributed by atoms with van der Waals surface area (Å²) in [7, 11) is 0. The molecule has 0 radical (unpaired) electrons. The lowest BCUT2D eigenvalue weighted by atomic mass is 9.79. The lowest BCUT2D eigenvalue weighted by molar-refractivity contribution is 0.131. The van der Waals surface area contributed by atoms with E-state index < -0.39 is 24.0 Å². The highest BCUT2D eigenvalue weighted by Crippen LogP contribution is 2.19. The smallest absolute Gasteiger partial charge is 0.496 e. The summed E-state index contributed by atoms with van der Waals surface area (Å²) in [5, 5.41) is 0. The van der Waals surface area contributed by atoms with Crippen molar-refractivity contribution in [3.05, 3.63) is 24.0 Å². The molecular formula is C11H14BF4O2-. The van der Waals surface area contributed by atoms with Crippen LogP contribution in [0.25, 0.3) is 0 Å². The Balaban J connectivity index is 2.65. The maximum Gasteiger partial charge on any atom is 0.513 e. The summed E-state index contributed by atoms with van der Waals surface area (Å²) in [4.78, 5) is 0. The molecule has 0 aliphatic heterocycles. The Labute approximate surface area is 103 Å². The second-order valence-corrected chi connectivity index (χ2v) is 3.66. The molecule has 0 atom stereocenters. The maximum absolute atomic E-state index is 12.9. The van der Waals surface area contributed by atoms with Crippen LogP contribution in [-0.4, -0.2) is 26.8 Å². The zero-order valence-electron chi connectivity index (χ0n) is 9.97. The molecule has 1 aromatic carbocycles. The molecule has 0 spiro atoms. The monoisotopic (exact) mass is 265 g/mol. The fourth-order valence-corrected chi connectivity index (χ4v) is 1.39. The molecule has 0 N–H and O–H groups in total. The first-order valence-corrected chi connectivity index (χ1v) is 5.65. The van der Waals surface area contributed by atoms with Crippen LogP contribution in [0.1, 0.15) is 13.3 Å². The van der Waals surface area contributed by atoms with Gasteiger partial charge in [-0.3, -0.25) is 0 Å². The van der Waals surface area contributed by atoms with Crippen molar-refractivity contribution < 1.29 is 26.8 Å². The number of benzene rings is 1. The molecule has 0 aromatic heterocycles. The van der Waals surface area contributed by atoms with Gasteiger partial charge in [0.25, 0.3) is 0 Å². The molecule has 0 saturated carbocycles. The van der Waals surface area contributed by atoms with Crippen LogP contribution in [0.2, 0.25) is 0 Å². The standard InChI is InChI=1S/C11H14BF4O2/c1-2-17-6-3-7-18-11-8-9(13)4-5-10(11)12(14,15)16/h4-5,8H,2-3,6-7H2,1H3/q-1. The Morgan fingerprint density at radius 2 is 1.89 bits per heavy atom. The molecule has 0 fully saturated rings. The fraction of sp³-hybridized carbons (Fsp3) is 0.455. The van der Waals surface area contributed by atoms with E-state index in [4.69, 9.17) is 9.47 Å². The molecule has 18 heavy (non-hydrogen) atoms. The number of rotatable bonds is 7. The van der Waals surface area contributed by atoms with Gasteiger partial charge in [0.15, 0.2) is 0 Å². The van der Waals surface area contributed by atoms with Gasteiger partial charge in [0.2, 0.25) is 0 Å². The third-order valence-corrected chi connectivity index (χ3v) is 2.22. The first-order chi connectivity index (χ1) is 8.45. The number of halogens is 4. The van der Waals surface area contributed by atoms with E-state index in [1.165, 1.54) is 0 Å². The summed E-state index contributed by atoms with van der Waals surface area (Å²) >= 11 is 0. The van der Waals surface area contributed by atoms with Crippen molar-refractivity contribution in [3.8, 4) is 5.75 Å². The Kier molecular flexibility index (Phi) is 5.46. The van der Waals surface area contributed by atoms with Crippen LogP contribution in [0.15, 0.2) is 18.2 Å². The molecule has 0 heterocycles. The van der Waals surface area contributed by atoms with Crippen LogP contribution in [0.4, 0.5) is 17.3 Å². The lowest BCUT2D eigenvalue weighted by Crippen LogP contribution is -2.35. The highest BCUT2D eigenvalue weighted by Gasteiger charge is 2.29. The summed E-state index contributed by atoms with van der Waals surface area (Å²) in [6.07, 6.45) is 0.453. The SMILES string of the molecule is CCOCCCOc1cc(F)ccc1[B-](F)(F)F. The van der Waals surface area contributed by atoms with Crippen molar-refractivity contribution >= 4 is 12.4 Å². The second kappa shape index (κ2) is 6.63. The first kappa shape index (κ1) is 14.8. The fourth-order valence-electron chi connectivity index (χ4n) is 1.39. The van der Waals surface area contributed by atoms with Crippen molar-refractivity contribution in [1.82, 2.24) is 0 Å². The van der Waals surface area contributed by atoms with Gasteiger partial charge in [0.1, 0.15) is 5.82 Å². The Morgan fingerprint density at radius 3 is 2.50 bits per heavy atom. The van der Waals surface area contributed by atoms with E-state index in [-0.39, 0.29) is 6.61 Å². The molecule has 0 bridgehead atoms. The van der Waals surface area contributed by atoms with Crippen LogP contribution in [0, 0.1) is 5.82 Å². The van der Waals surface area contributed by atoms with Crippen LogP contribution < -0.4 is 10.2 Å². The van der Waals surface area contributed by atoms with E-state index in [1.807, 2.05) is 6.92 Å². The minimum absolute atomic E-state index is 0.0581.